The van der Waals surface area contributed by atoms with Gasteiger partial charge in [0.2, 0.25) is 0 Å². The second kappa shape index (κ2) is 10.5. The largest absolute Gasteiger partial charge is 0.507 e. The molecule has 1 heterocycles. The van der Waals surface area contributed by atoms with E-state index < -0.39 is 17.7 Å². The first-order valence-electron chi connectivity index (χ1n) is 11.2. The molecule has 1 aliphatic heterocycles. The van der Waals surface area contributed by atoms with Crippen LogP contribution in [0.5, 0.6) is 5.75 Å². The summed E-state index contributed by atoms with van der Waals surface area (Å²) in [6, 6.07) is 15.6. The predicted octanol–water partition coefficient (Wildman–Crippen LogP) is 4.24. The van der Waals surface area contributed by atoms with Crippen LogP contribution in [-0.2, 0) is 9.59 Å². The number of nitrogens with zero attached hydrogens (tertiary/aromatic N) is 2. The lowest BCUT2D eigenvalue weighted by atomic mass is 9.95. The van der Waals surface area contributed by atoms with Gasteiger partial charge in [0, 0.05) is 18.7 Å². The predicted molar refractivity (Wildman–Crippen MR) is 125 cm³/mol. The van der Waals surface area contributed by atoms with Gasteiger partial charge in [-0.15, -0.1) is 0 Å². The Morgan fingerprint density at radius 3 is 2.22 bits per heavy atom. The van der Waals surface area contributed by atoms with E-state index in [1.807, 2.05) is 44.2 Å². The smallest absolute Gasteiger partial charge is 0.295 e. The average molecular weight is 437 g/mol. The standard InChI is InChI=1S/C26H32N2O4/c1-5-27(6-2)16-17-28-23(19-12-14-21(15-13-19)32-18(3)4)22(25(30)26(28)31)24(29)20-10-8-7-9-11-20/h7-15,18,23,29H,5-6,16-17H2,1-4H3/t23-/m0/s1. The van der Waals surface area contributed by atoms with Crippen LogP contribution in [0.25, 0.3) is 5.76 Å². The van der Waals surface area contributed by atoms with E-state index in [0.29, 0.717) is 24.4 Å². The molecule has 32 heavy (non-hydrogen) atoms. The van der Waals surface area contributed by atoms with Gasteiger partial charge in [-0.2, -0.15) is 0 Å². The Labute approximate surface area is 190 Å². The van der Waals surface area contributed by atoms with Gasteiger partial charge < -0.3 is 19.6 Å². The zero-order valence-electron chi connectivity index (χ0n) is 19.2. The Morgan fingerprint density at radius 1 is 1.03 bits per heavy atom. The van der Waals surface area contributed by atoms with Crippen LogP contribution in [0.2, 0.25) is 0 Å². The highest BCUT2D eigenvalue weighted by molar-refractivity contribution is 6.46. The molecule has 1 saturated heterocycles. The molecule has 2 aromatic rings. The number of likely N-dealkylation sites (N-methyl/N-ethyl adjacent to an activating group) is 1. The molecule has 0 unspecified atom stereocenters. The summed E-state index contributed by atoms with van der Waals surface area (Å²) in [7, 11) is 0. The first kappa shape index (κ1) is 23.5. The molecule has 0 aliphatic carbocycles. The highest BCUT2D eigenvalue weighted by atomic mass is 16.5. The number of carbonyl (C=O) groups is 2. The number of ether oxygens (including phenoxy) is 1. The monoisotopic (exact) mass is 436 g/mol. The Morgan fingerprint density at radius 2 is 1.66 bits per heavy atom. The summed E-state index contributed by atoms with van der Waals surface area (Å²) in [4.78, 5) is 29.9. The first-order valence-corrected chi connectivity index (χ1v) is 11.2. The lowest BCUT2D eigenvalue weighted by molar-refractivity contribution is -0.140. The van der Waals surface area contributed by atoms with Crippen molar-refractivity contribution in [2.75, 3.05) is 26.2 Å². The van der Waals surface area contributed by atoms with Crippen molar-refractivity contribution in [3.05, 3.63) is 71.3 Å². The van der Waals surface area contributed by atoms with E-state index in [9.17, 15) is 14.7 Å². The number of rotatable bonds is 9. The minimum Gasteiger partial charge on any atom is -0.507 e. The molecule has 1 fully saturated rings. The Balaban J connectivity index is 2.05. The summed E-state index contributed by atoms with van der Waals surface area (Å²) in [6.07, 6.45) is 0.0404. The van der Waals surface area contributed by atoms with Gasteiger partial charge in [-0.1, -0.05) is 56.3 Å². The molecular weight excluding hydrogens is 404 g/mol. The molecule has 3 rings (SSSR count). The summed E-state index contributed by atoms with van der Waals surface area (Å²) < 4.78 is 5.74. The fourth-order valence-electron chi connectivity index (χ4n) is 4.00. The fraction of sp³-hybridized carbons (Fsp3) is 0.385. The summed E-state index contributed by atoms with van der Waals surface area (Å²) in [5, 5.41) is 11.0. The van der Waals surface area contributed by atoms with Crippen LogP contribution in [-0.4, -0.2) is 58.9 Å². The number of hydrogen-bond acceptors (Lipinski definition) is 5. The molecular formula is C26H32N2O4. The van der Waals surface area contributed by atoms with Crippen molar-refractivity contribution in [1.29, 1.82) is 0 Å². The number of likely N-dealkylation sites (tertiary alicyclic amines) is 1. The molecule has 0 bridgehead atoms. The third-order valence-electron chi connectivity index (χ3n) is 5.71. The molecule has 6 heteroatoms. The van der Waals surface area contributed by atoms with Crippen LogP contribution in [0.3, 0.4) is 0 Å². The highest BCUT2D eigenvalue weighted by Crippen LogP contribution is 2.39. The van der Waals surface area contributed by atoms with Crippen molar-refractivity contribution < 1.29 is 19.4 Å². The number of amides is 1. The first-order chi connectivity index (χ1) is 15.4. The molecule has 170 valence electrons. The normalized spacial score (nSPS) is 18.1. The molecule has 2 aromatic carbocycles. The summed E-state index contributed by atoms with van der Waals surface area (Å²) in [5.74, 6) is -0.672. The summed E-state index contributed by atoms with van der Waals surface area (Å²) in [5.41, 5.74) is 1.40. The number of aliphatic hydroxyl groups excluding tert-OH is 1. The molecule has 6 nitrogen and oxygen atoms in total. The maximum absolute atomic E-state index is 13.1. The zero-order chi connectivity index (χ0) is 23.3. The average Bonchev–Trinajstić information content (AvgIpc) is 3.05. The Hall–Kier alpha value is -3.12. The maximum atomic E-state index is 13.1. The second-order valence-electron chi connectivity index (χ2n) is 8.12. The fourth-order valence-corrected chi connectivity index (χ4v) is 4.00. The van der Waals surface area contributed by atoms with E-state index in [0.717, 1.165) is 18.7 Å². The maximum Gasteiger partial charge on any atom is 0.295 e. The van der Waals surface area contributed by atoms with Gasteiger partial charge in [0.25, 0.3) is 11.7 Å². The number of Topliss-reactive ketones (excluding diaryl/α,β-unsaturated/α-hetero) is 1. The minimum absolute atomic E-state index is 0.0404. The minimum atomic E-state index is -0.654. The van der Waals surface area contributed by atoms with Gasteiger partial charge in [0.15, 0.2) is 0 Å². The van der Waals surface area contributed by atoms with E-state index in [-0.39, 0.29) is 17.4 Å². The van der Waals surface area contributed by atoms with Crippen molar-refractivity contribution in [1.82, 2.24) is 9.80 Å². The molecule has 1 N–H and O–H groups in total. The number of ketones is 1. The van der Waals surface area contributed by atoms with Crippen molar-refractivity contribution in [3.63, 3.8) is 0 Å². The lowest BCUT2D eigenvalue weighted by Crippen LogP contribution is -2.38. The van der Waals surface area contributed by atoms with Gasteiger partial charge in [0.1, 0.15) is 11.5 Å². The third-order valence-corrected chi connectivity index (χ3v) is 5.71. The molecule has 0 radical (unpaired) electrons. The van der Waals surface area contributed by atoms with Crippen LogP contribution < -0.4 is 4.74 Å². The summed E-state index contributed by atoms with van der Waals surface area (Å²) in [6.45, 7) is 10.8. The van der Waals surface area contributed by atoms with E-state index in [2.05, 4.69) is 18.7 Å². The molecule has 0 saturated carbocycles. The second-order valence-corrected chi connectivity index (χ2v) is 8.12. The highest BCUT2D eigenvalue weighted by Gasteiger charge is 2.45. The van der Waals surface area contributed by atoms with Crippen LogP contribution in [0, 0.1) is 0 Å². The van der Waals surface area contributed by atoms with Gasteiger partial charge in [-0.25, -0.2) is 0 Å². The lowest BCUT2D eigenvalue weighted by Gasteiger charge is -2.28. The Kier molecular flexibility index (Phi) is 7.70. The van der Waals surface area contributed by atoms with Crippen LogP contribution >= 0.6 is 0 Å². The number of benzene rings is 2. The quantitative estimate of drug-likeness (QED) is 0.362. The van der Waals surface area contributed by atoms with Crippen molar-refractivity contribution >= 4 is 17.4 Å². The van der Waals surface area contributed by atoms with Crippen molar-refractivity contribution in [2.45, 2.75) is 39.8 Å². The van der Waals surface area contributed by atoms with Crippen LogP contribution in [0.4, 0.5) is 0 Å². The molecule has 1 atom stereocenters. The van der Waals surface area contributed by atoms with Gasteiger partial charge in [0.05, 0.1) is 17.7 Å². The number of aliphatic hydroxyl groups is 1. The van der Waals surface area contributed by atoms with Crippen molar-refractivity contribution in [2.24, 2.45) is 0 Å². The SMILES string of the molecule is CCN(CC)CCN1C(=O)C(=O)C(=C(O)c2ccccc2)[C@@H]1c1ccc(OC(C)C)cc1. The van der Waals surface area contributed by atoms with Gasteiger partial charge >= 0.3 is 0 Å². The third kappa shape index (κ3) is 5.02. The van der Waals surface area contributed by atoms with Crippen LogP contribution in [0.15, 0.2) is 60.2 Å². The summed E-state index contributed by atoms with van der Waals surface area (Å²) >= 11 is 0. The van der Waals surface area contributed by atoms with E-state index in [4.69, 9.17) is 4.74 Å². The molecule has 0 aromatic heterocycles. The number of carbonyl (C=O) groups excluding carboxylic acids is 2. The van der Waals surface area contributed by atoms with Gasteiger partial charge in [-0.3, -0.25) is 9.59 Å². The molecule has 1 aliphatic rings. The molecule has 0 spiro atoms. The van der Waals surface area contributed by atoms with E-state index >= 15 is 0 Å². The van der Waals surface area contributed by atoms with Crippen LogP contribution in [0.1, 0.15) is 44.9 Å². The Bertz CT molecular complexity index is 963. The topological polar surface area (TPSA) is 70.1 Å². The van der Waals surface area contributed by atoms with Crippen molar-refractivity contribution in [3.8, 4) is 5.75 Å². The molecule has 1 amide bonds. The van der Waals surface area contributed by atoms with Gasteiger partial charge in [-0.05, 0) is 44.6 Å². The van der Waals surface area contributed by atoms with E-state index in [1.54, 1.807) is 29.2 Å². The number of hydrogen-bond donors (Lipinski definition) is 1. The van der Waals surface area contributed by atoms with E-state index in [1.165, 1.54) is 0 Å². The zero-order valence-corrected chi connectivity index (χ0v) is 19.2.